The Labute approximate surface area is 80.9 Å². The minimum Gasteiger partial charge on any atom is -0.463 e. The van der Waals surface area contributed by atoms with E-state index in [0.29, 0.717) is 25.1 Å². The molecule has 6 nitrogen and oxygen atoms in total. The number of ether oxygens (including phenoxy) is 1. The summed E-state index contributed by atoms with van der Waals surface area (Å²) in [5.74, 6) is 0. The number of anilines is 1. The highest BCUT2D eigenvalue weighted by atomic mass is 16.5. The molecule has 76 valence electrons. The van der Waals surface area contributed by atoms with Crippen molar-refractivity contribution in [2.24, 2.45) is 0 Å². The molecule has 0 aliphatic carbocycles. The summed E-state index contributed by atoms with van der Waals surface area (Å²) in [5.41, 5.74) is 0.509. The number of nitrogens with one attached hydrogen (secondary N) is 1. The molecule has 1 amide bonds. The van der Waals surface area contributed by atoms with Crippen molar-refractivity contribution in [3.63, 3.8) is 0 Å². The summed E-state index contributed by atoms with van der Waals surface area (Å²) in [6, 6.07) is 0.231. The van der Waals surface area contributed by atoms with E-state index in [0.717, 1.165) is 0 Å². The number of aliphatic hydroxyl groups is 1. The van der Waals surface area contributed by atoms with Crippen LogP contribution in [0.1, 0.15) is 6.42 Å². The third-order valence-electron chi connectivity index (χ3n) is 1.39. The van der Waals surface area contributed by atoms with Gasteiger partial charge in [-0.25, -0.2) is 9.97 Å². The van der Waals surface area contributed by atoms with Crippen LogP contribution in [0.2, 0.25) is 0 Å². The molecule has 0 atom stereocenters. The van der Waals surface area contributed by atoms with Gasteiger partial charge in [0, 0.05) is 13.0 Å². The highest BCUT2D eigenvalue weighted by Gasteiger charge is 1.97. The number of carbonyl (C=O) groups excluding carboxylic acids is 1. The second-order valence-corrected chi connectivity index (χ2v) is 2.44. The molecule has 0 saturated heterocycles. The molecule has 14 heavy (non-hydrogen) atoms. The number of carbonyl (C=O) groups is 1. The number of amides is 1. The fourth-order valence-electron chi connectivity index (χ4n) is 0.761. The first-order valence-corrected chi connectivity index (χ1v) is 4.12. The van der Waals surface area contributed by atoms with E-state index in [-0.39, 0.29) is 12.6 Å². The van der Waals surface area contributed by atoms with Crippen molar-refractivity contribution in [1.82, 2.24) is 9.97 Å². The predicted octanol–water partition coefficient (Wildman–Crippen LogP) is -0.194. The highest BCUT2D eigenvalue weighted by Crippen LogP contribution is 2.06. The van der Waals surface area contributed by atoms with E-state index in [2.05, 4.69) is 15.3 Å². The molecule has 6 heteroatoms. The minimum absolute atomic E-state index is 0.0742. The van der Waals surface area contributed by atoms with Crippen molar-refractivity contribution in [1.29, 1.82) is 0 Å². The van der Waals surface area contributed by atoms with Gasteiger partial charge in [-0.15, -0.1) is 0 Å². The number of hydrogen-bond donors (Lipinski definition) is 2. The molecular weight excluding hydrogens is 186 g/mol. The largest absolute Gasteiger partial charge is 0.463 e. The first kappa shape index (κ1) is 10.4. The van der Waals surface area contributed by atoms with Gasteiger partial charge in [0.25, 0.3) is 0 Å². The molecule has 0 bridgehead atoms. The van der Waals surface area contributed by atoms with Gasteiger partial charge in [0.05, 0.1) is 24.7 Å². The molecule has 1 aromatic rings. The van der Waals surface area contributed by atoms with Gasteiger partial charge in [0.2, 0.25) is 6.41 Å². The summed E-state index contributed by atoms with van der Waals surface area (Å²) in [6.45, 7) is 0.446. The second kappa shape index (κ2) is 5.87. The lowest BCUT2D eigenvalue weighted by atomic mass is 10.5. The van der Waals surface area contributed by atoms with E-state index in [1.807, 2.05) is 0 Å². The molecule has 0 spiro atoms. The molecular formula is C8H11N3O3. The van der Waals surface area contributed by atoms with Crippen molar-refractivity contribution in [2.45, 2.75) is 6.42 Å². The third kappa shape index (κ3) is 3.36. The molecule has 1 aromatic heterocycles. The average Bonchev–Trinajstić information content (AvgIpc) is 2.21. The topological polar surface area (TPSA) is 84.3 Å². The van der Waals surface area contributed by atoms with Gasteiger partial charge in [-0.2, -0.15) is 0 Å². The van der Waals surface area contributed by atoms with Gasteiger partial charge in [-0.1, -0.05) is 0 Å². The number of aliphatic hydroxyl groups excluding tert-OH is 1. The maximum absolute atomic E-state index is 10.0. The number of rotatable bonds is 6. The van der Waals surface area contributed by atoms with E-state index in [1.54, 1.807) is 0 Å². The zero-order chi connectivity index (χ0) is 10.2. The van der Waals surface area contributed by atoms with Gasteiger partial charge in [-0.3, -0.25) is 4.79 Å². The van der Waals surface area contributed by atoms with Crippen LogP contribution in [-0.4, -0.2) is 34.7 Å². The standard InChI is InChI=1S/C8H11N3O3/c12-2-1-3-14-8-9-4-7(5-10-8)11-6-13/h4-6,12H,1-3H2,(H,11,13). The van der Waals surface area contributed by atoms with Crippen molar-refractivity contribution < 1.29 is 14.6 Å². The monoisotopic (exact) mass is 197 g/mol. The van der Waals surface area contributed by atoms with Gasteiger partial charge in [0.1, 0.15) is 0 Å². The lowest BCUT2D eigenvalue weighted by molar-refractivity contribution is -0.105. The lowest BCUT2D eigenvalue weighted by Gasteiger charge is -2.02. The van der Waals surface area contributed by atoms with E-state index in [4.69, 9.17) is 9.84 Å². The van der Waals surface area contributed by atoms with Crippen LogP contribution in [0, 0.1) is 0 Å². The van der Waals surface area contributed by atoms with Crippen LogP contribution < -0.4 is 10.1 Å². The Morgan fingerprint density at radius 2 is 2.21 bits per heavy atom. The zero-order valence-electron chi connectivity index (χ0n) is 7.51. The third-order valence-corrected chi connectivity index (χ3v) is 1.39. The van der Waals surface area contributed by atoms with E-state index in [1.165, 1.54) is 12.4 Å². The Bertz CT molecular complexity index is 276. The van der Waals surface area contributed by atoms with Crippen LogP contribution in [0.3, 0.4) is 0 Å². The van der Waals surface area contributed by atoms with Crippen LogP contribution in [0.25, 0.3) is 0 Å². The van der Waals surface area contributed by atoms with Crippen molar-refractivity contribution in [3.05, 3.63) is 12.4 Å². The number of aromatic nitrogens is 2. The average molecular weight is 197 g/mol. The Hall–Kier alpha value is -1.69. The van der Waals surface area contributed by atoms with Crippen LogP contribution in [0.4, 0.5) is 5.69 Å². The lowest BCUT2D eigenvalue weighted by Crippen LogP contribution is -2.03. The van der Waals surface area contributed by atoms with E-state index in [9.17, 15) is 4.79 Å². The maximum atomic E-state index is 10.0. The molecule has 0 saturated carbocycles. The minimum atomic E-state index is 0.0742. The summed E-state index contributed by atoms with van der Waals surface area (Å²) in [6.07, 6.45) is 3.97. The van der Waals surface area contributed by atoms with Crippen molar-refractivity contribution >= 4 is 12.1 Å². The Morgan fingerprint density at radius 3 is 2.79 bits per heavy atom. The first-order chi connectivity index (χ1) is 6.86. The van der Waals surface area contributed by atoms with Crippen LogP contribution in [0.5, 0.6) is 6.01 Å². The summed E-state index contributed by atoms with van der Waals surface area (Å²) in [5, 5.41) is 10.9. The van der Waals surface area contributed by atoms with Gasteiger partial charge >= 0.3 is 6.01 Å². The predicted molar refractivity (Wildman–Crippen MR) is 48.9 cm³/mol. The highest BCUT2D eigenvalue weighted by molar-refractivity contribution is 5.69. The molecule has 1 heterocycles. The zero-order valence-corrected chi connectivity index (χ0v) is 7.51. The molecule has 0 fully saturated rings. The van der Waals surface area contributed by atoms with Crippen LogP contribution in [0.15, 0.2) is 12.4 Å². The SMILES string of the molecule is O=CNc1cnc(OCCCO)nc1. The maximum Gasteiger partial charge on any atom is 0.316 e. The van der Waals surface area contributed by atoms with Crippen LogP contribution >= 0.6 is 0 Å². The first-order valence-electron chi connectivity index (χ1n) is 4.12. The molecule has 0 aromatic carbocycles. The summed E-state index contributed by atoms with van der Waals surface area (Å²) < 4.78 is 5.08. The second-order valence-electron chi connectivity index (χ2n) is 2.44. The summed E-state index contributed by atoms with van der Waals surface area (Å²) >= 11 is 0. The molecule has 0 radical (unpaired) electrons. The summed E-state index contributed by atoms with van der Waals surface area (Å²) in [7, 11) is 0. The van der Waals surface area contributed by atoms with Gasteiger partial charge in [0.15, 0.2) is 0 Å². The van der Waals surface area contributed by atoms with Gasteiger partial charge in [-0.05, 0) is 0 Å². The quantitative estimate of drug-likeness (QED) is 0.487. The summed E-state index contributed by atoms with van der Waals surface area (Å²) in [4.78, 5) is 17.7. The fourth-order valence-corrected chi connectivity index (χ4v) is 0.761. The van der Waals surface area contributed by atoms with E-state index >= 15 is 0 Å². The molecule has 0 unspecified atom stereocenters. The van der Waals surface area contributed by atoms with Crippen molar-refractivity contribution in [2.75, 3.05) is 18.5 Å². The van der Waals surface area contributed by atoms with Gasteiger partial charge < -0.3 is 15.2 Å². The molecule has 0 aliphatic rings. The van der Waals surface area contributed by atoms with E-state index < -0.39 is 0 Å². The molecule has 0 aliphatic heterocycles. The Kier molecular flexibility index (Phi) is 4.36. The Balaban J connectivity index is 2.42. The molecule has 1 rings (SSSR count). The number of nitrogens with zero attached hydrogens (tertiary/aromatic N) is 2. The fraction of sp³-hybridized carbons (Fsp3) is 0.375. The number of hydrogen-bond acceptors (Lipinski definition) is 5. The normalized spacial score (nSPS) is 9.50. The van der Waals surface area contributed by atoms with Crippen LogP contribution in [-0.2, 0) is 4.79 Å². The molecule has 2 N–H and O–H groups in total. The van der Waals surface area contributed by atoms with Crippen molar-refractivity contribution in [3.8, 4) is 6.01 Å². The Morgan fingerprint density at radius 1 is 1.50 bits per heavy atom. The smallest absolute Gasteiger partial charge is 0.316 e.